The van der Waals surface area contributed by atoms with Crippen molar-refractivity contribution in [3.05, 3.63) is 39.9 Å². The summed E-state index contributed by atoms with van der Waals surface area (Å²) in [5.74, 6) is -0.140. The number of nitro groups is 1. The highest BCUT2D eigenvalue weighted by atomic mass is 35.5. The van der Waals surface area contributed by atoms with Crippen LogP contribution in [-0.4, -0.2) is 42.8 Å². The molecular weight excluding hydrogens is 336 g/mol. The van der Waals surface area contributed by atoms with Crippen LogP contribution in [-0.2, 0) is 16.1 Å². The van der Waals surface area contributed by atoms with Gasteiger partial charge in [0.1, 0.15) is 12.3 Å². The number of nitro benzene ring substituents is 1. The smallest absolute Gasteiger partial charge is 0.353 e. The van der Waals surface area contributed by atoms with Crippen LogP contribution in [0.5, 0.6) is 0 Å². The molecule has 1 fully saturated rings. The lowest BCUT2D eigenvalue weighted by molar-refractivity contribution is -0.384. The number of non-ortho nitro benzene ring substituents is 1. The molecule has 24 heavy (non-hydrogen) atoms. The summed E-state index contributed by atoms with van der Waals surface area (Å²) in [7, 11) is 0. The number of esters is 1. The van der Waals surface area contributed by atoms with Crippen molar-refractivity contribution in [1.29, 1.82) is 5.41 Å². The number of carbonyl (C=O) groups excluding carboxylic acids is 1. The molecule has 0 spiro atoms. The van der Waals surface area contributed by atoms with Gasteiger partial charge in [-0.3, -0.25) is 15.5 Å². The van der Waals surface area contributed by atoms with Crippen molar-refractivity contribution in [2.45, 2.75) is 13.0 Å². The Morgan fingerprint density at radius 2 is 2.12 bits per heavy atom. The van der Waals surface area contributed by atoms with Crippen LogP contribution < -0.4 is 10.6 Å². The molecule has 1 aliphatic heterocycles. The van der Waals surface area contributed by atoms with Gasteiger partial charge in [-0.2, -0.15) is 0 Å². The lowest BCUT2D eigenvalue weighted by Gasteiger charge is -2.10. The van der Waals surface area contributed by atoms with Gasteiger partial charge in [0, 0.05) is 18.7 Å². The van der Waals surface area contributed by atoms with Gasteiger partial charge in [-0.05, 0) is 49.7 Å². The van der Waals surface area contributed by atoms with Crippen molar-refractivity contribution in [2.24, 2.45) is 5.92 Å². The molecule has 1 aromatic carbocycles. The number of halogens is 1. The summed E-state index contributed by atoms with van der Waals surface area (Å²) in [4.78, 5) is 21.8. The second-order valence-corrected chi connectivity index (χ2v) is 5.47. The van der Waals surface area contributed by atoms with E-state index >= 15 is 0 Å². The molecule has 1 aliphatic rings. The van der Waals surface area contributed by atoms with E-state index in [0.29, 0.717) is 11.5 Å². The Balaban J connectivity index is 0.00000288. The fraction of sp³-hybridized carbons (Fsp3) is 0.467. The minimum absolute atomic E-state index is 0. The zero-order chi connectivity index (χ0) is 16.7. The Labute approximate surface area is 146 Å². The quantitative estimate of drug-likeness (QED) is 0.279. The summed E-state index contributed by atoms with van der Waals surface area (Å²) in [6, 6.07) is 5.76. The van der Waals surface area contributed by atoms with Crippen LogP contribution in [0, 0.1) is 21.4 Å². The zero-order valence-corrected chi connectivity index (χ0v) is 13.9. The highest BCUT2D eigenvalue weighted by molar-refractivity contribution is 6.35. The number of ether oxygens (including phenoxy) is 1. The van der Waals surface area contributed by atoms with Gasteiger partial charge in [-0.25, -0.2) is 4.79 Å². The zero-order valence-electron chi connectivity index (χ0n) is 13.1. The molecule has 0 bridgehead atoms. The normalized spacial score (nSPS) is 16.2. The van der Waals surface area contributed by atoms with E-state index in [1.165, 1.54) is 24.3 Å². The average molecular weight is 357 g/mol. The van der Waals surface area contributed by atoms with Crippen LogP contribution in [0.1, 0.15) is 12.0 Å². The Kier molecular flexibility index (Phi) is 8.31. The van der Waals surface area contributed by atoms with E-state index in [0.717, 1.165) is 26.1 Å². The van der Waals surface area contributed by atoms with Crippen molar-refractivity contribution >= 4 is 29.8 Å². The van der Waals surface area contributed by atoms with Crippen molar-refractivity contribution in [2.75, 3.05) is 26.2 Å². The lowest BCUT2D eigenvalue weighted by Crippen LogP contribution is -2.33. The van der Waals surface area contributed by atoms with E-state index in [1.54, 1.807) is 0 Å². The van der Waals surface area contributed by atoms with Crippen molar-refractivity contribution in [3.63, 3.8) is 0 Å². The topological polar surface area (TPSA) is 117 Å². The van der Waals surface area contributed by atoms with E-state index in [9.17, 15) is 14.9 Å². The molecule has 3 N–H and O–H groups in total. The molecule has 9 heteroatoms. The minimum atomic E-state index is -0.680. The van der Waals surface area contributed by atoms with Crippen LogP contribution in [0.3, 0.4) is 0 Å². The number of nitrogens with one attached hydrogen (secondary N) is 3. The number of rotatable bonds is 8. The van der Waals surface area contributed by atoms with Gasteiger partial charge >= 0.3 is 5.97 Å². The van der Waals surface area contributed by atoms with E-state index < -0.39 is 10.9 Å². The van der Waals surface area contributed by atoms with Gasteiger partial charge in [0.2, 0.25) is 0 Å². The predicted octanol–water partition coefficient (Wildman–Crippen LogP) is 1.28. The van der Waals surface area contributed by atoms with E-state index in [4.69, 9.17) is 10.1 Å². The molecule has 1 heterocycles. The largest absolute Gasteiger partial charge is 0.456 e. The molecule has 0 aromatic heterocycles. The molecule has 0 aliphatic carbocycles. The summed E-state index contributed by atoms with van der Waals surface area (Å²) in [5, 5.41) is 24.6. The molecule has 2 rings (SSSR count). The minimum Gasteiger partial charge on any atom is -0.456 e. The molecule has 0 amide bonds. The van der Waals surface area contributed by atoms with Crippen molar-refractivity contribution in [1.82, 2.24) is 10.6 Å². The SMILES string of the molecule is Cl.N=C(CNC[C@H]1CCNC1)C(=O)OCc1ccc([N+](=O)[O-])cc1. The fourth-order valence-corrected chi connectivity index (χ4v) is 2.31. The first kappa shape index (κ1) is 20.0. The Hall–Kier alpha value is -2.03. The standard InChI is InChI=1S/C15H20N4O4.ClH/c16-14(9-18-8-12-5-6-17-7-12)15(20)23-10-11-1-3-13(4-2-11)19(21)22;/h1-4,12,16-18H,5-10H2;1H/t12-;/m0./s1. The summed E-state index contributed by atoms with van der Waals surface area (Å²) >= 11 is 0. The van der Waals surface area contributed by atoms with Gasteiger partial charge in [0.25, 0.3) is 5.69 Å². The summed E-state index contributed by atoms with van der Waals surface area (Å²) < 4.78 is 5.03. The summed E-state index contributed by atoms with van der Waals surface area (Å²) in [5.41, 5.74) is 0.498. The first-order valence-corrected chi connectivity index (χ1v) is 7.45. The third kappa shape index (κ3) is 6.23. The second-order valence-electron chi connectivity index (χ2n) is 5.47. The van der Waals surface area contributed by atoms with Crippen LogP contribution in [0.4, 0.5) is 5.69 Å². The van der Waals surface area contributed by atoms with Gasteiger partial charge < -0.3 is 15.4 Å². The maximum atomic E-state index is 11.7. The molecule has 0 radical (unpaired) electrons. The lowest BCUT2D eigenvalue weighted by atomic mass is 10.1. The predicted molar refractivity (Wildman–Crippen MR) is 91.7 cm³/mol. The van der Waals surface area contributed by atoms with E-state index in [2.05, 4.69) is 10.6 Å². The Morgan fingerprint density at radius 3 is 2.71 bits per heavy atom. The summed E-state index contributed by atoms with van der Waals surface area (Å²) in [6.07, 6.45) is 1.10. The van der Waals surface area contributed by atoms with Gasteiger partial charge in [-0.1, -0.05) is 0 Å². The van der Waals surface area contributed by atoms with Gasteiger partial charge in [0.15, 0.2) is 0 Å². The number of hydrogen-bond acceptors (Lipinski definition) is 7. The molecule has 132 valence electrons. The maximum absolute atomic E-state index is 11.7. The second kappa shape index (κ2) is 9.96. The van der Waals surface area contributed by atoms with Crippen molar-refractivity contribution in [3.8, 4) is 0 Å². The molecule has 1 aromatic rings. The van der Waals surface area contributed by atoms with Crippen molar-refractivity contribution < 1.29 is 14.5 Å². The fourth-order valence-electron chi connectivity index (χ4n) is 2.31. The van der Waals surface area contributed by atoms with E-state index in [1.807, 2.05) is 0 Å². The highest BCUT2D eigenvalue weighted by Gasteiger charge is 2.16. The van der Waals surface area contributed by atoms with Crippen LogP contribution >= 0.6 is 12.4 Å². The molecule has 0 saturated carbocycles. The van der Waals surface area contributed by atoms with Crippen LogP contribution in [0.15, 0.2) is 24.3 Å². The van der Waals surface area contributed by atoms with Gasteiger partial charge in [-0.15, -0.1) is 12.4 Å². The maximum Gasteiger partial charge on any atom is 0.353 e. The number of nitrogens with zero attached hydrogens (tertiary/aromatic N) is 1. The average Bonchev–Trinajstić information content (AvgIpc) is 3.06. The first-order chi connectivity index (χ1) is 11.1. The van der Waals surface area contributed by atoms with Crippen LogP contribution in [0.2, 0.25) is 0 Å². The third-order valence-electron chi connectivity index (χ3n) is 3.66. The Morgan fingerprint density at radius 1 is 1.42 bits per heavy atom. The molecule has 0 unspecified atom stereocenters. The molecule has 1 atom stereocenters. The van der Waals surface area contributed by atoms with Crippen LogP contribution in [0.25, 0.3) is 0 Å². The molecule has 1 saturated heterocycles. The monoisotopic (exact) mass is 356 g/mol. The van der Waals surface area contributed by atoms with E-state index in [-0.39, 0.29) is 37.0 Å². The Bertz CT molecular complexity index is 573. The highest BCUT2D eigenvalue weighted by Crippen LogP contribution is 2.12. The third-order valence-corrected chi connectivity index (χ3v) is 3.66. The summed E-state index contributed by atoms with van der Waals surface area (Å²) in [6.45, 7) is 2.92. The number of carbonyl (C=O) groups is 1. The molecular formula is C15H21ClN4O4. The first-order valence-electron chi connectivity index (χ1n) is 7.45. The number of hydrogen-bond donors (Lipinski definition) is 3. The van der Waals surface area contributed by atoms with Gasteiger partial charge in [0.05, 0.1) is 4.92 Å². The molecule has 8 nitrogen and oxygen atoms in total. The number of benzene rings is 1.